The number of carbonyl (C=O) groups excluding carboxylic acids is 1. The van der Waals surface area contributed by atoms with Crippen LogP contribution in [0.5, 0.6) is 11.5 Å². The molecule has 1 atom stereocenters. The Morgan fingerprint density at radius 3 is 2.68 bits per heavy atom. The number of nitrogens with zero attached hydrogens (tertiary/aromatic N) is 3. The second-order valence-corrected chi connectivity index (χ2v) is 8.71. The van der Waals surface area contributed by atoms with Gasteiger partial charge in [0.25, 0.3) is 5.91 Å². The highest BCUT2D eigenvalue weighted by molar-refractivity contribution is 6.31. The molecule has 4 aromatic rings. The Morgan fingerprint density at radius 1 is 1.14 bits per heavy atom. The largest absolute Gasteiger partial charge is 0.495 e. The average molecular weight is 520 g/mol. The molecule has 0 spiro atoms. The highest BCUT2D eigenvalue weighted by atomic mass is 35.5. The molecule has 5 rings (SSSR count). The minimum Gasteiger partial charge on any atom is -0.495 e. The minimum atomic E-state index is -0.552. The minimum absolute atomic E-state index is 0.0169. The number of methoxy groups -OCH3 is 1. The molecular formula is C27H23ClFN5O3. The molecule has 0 radical (unpaired) electrons. The average Bonchev–Trinajstić information content (AvgIpc) is 3.36. The van der Waals surface area contributed by atoms with Gasteiger partial charge < -0.3 is 20.1 Å². The zero-order valence-electron chi connectivity index (χ0n) is 20.0. The lowest BCUT2D eigenvalue weighted by Gasteiger charge is -2.29. The third-order valence-electron chi connectivity index (χ3n) is 6.03. The Bertz CT molecular complexity index is 1470. The normalized spacial score (nSPS) is 14.5. The van der Waals surface area contributed by atoms with E-state index in [2.05, 4.69) is 20.7 Å². The topological polar surface area (TPSA) is 90.3 Å². The van der Waals surface area contributed by atoms with E-state index < -0.39 is 11.9 Å². The Labute approximate surface area is 217 Å². The number of anilines is 2. The van der Waals surface area contributed by atoms with Crippen molar-refractivity contribution in [3.05, 3.63) is 106 Å². The van der Waals surface area contributed by atoms with E-state index in [1.807, 2.05) is 31.2 Å². The van der Waals surface area contributed by atoms with Gasteiger partial charge in [0, 0.05) is 11.3 Å². The van der Waals surface area contributed by atoms with Crippen LogP contribution < -0.4 is 20.1 Å². The molecule has 0 saturated carbocycles. The number of rotatable bonds is 7. The number of allylic oxidation sites excluding steroid dienone is 1. The maximum atomic E-state index is 14.1. The molecule has 0 fully saturated rings. The molecule has 1 aliphatic rings. The predicted octanol–water partition coefficient (Wildman–Crippen LogP) is 5.59. The number of carbonyl (C=O) groups is 1. The van der Waals surface area contributed by atoms with E-state index in [1.54, 1.807) is 48.2 Å². The van der Waals surface area contributed by atoms with Gasteiger partial charge in [0.2, 0.25) is 5.95 Å². The molecular weight excluding hydrogens is 497 g/mol. The Kier molecular flexibility index (Phi) is 6.78. The van der Waals surface area contributed by atoms with Crippen LogP contribution in [0.1, 0.15) is 24.1 Å². The maximum Gasteiger partial charge on any atom is 0.255 e. The molecule has 3 aromatic carbocycles. The molecule has 0 aliphatic carbocycles. The number of benzene rings is 3. The van der Waals surface area contributed by atoms with Crippen molar-refractivity contribution in [2.75, 3.05) is 17.7 Å². The van der Waals surface area contributed by atoms with Gasteiger partial charge in [-0.1, -0.05) is 41.9 Å². The number of hydrogen-bond donors (Lipinski definition) is 2. The van der Waals surface area contributed by atoms with Gasteiger partial charge >= 0.3 is 0 Å². The van der Waals surface area contributed by atoms with Crippen molar-refractivity contribution in [1.82, 2.24) is 14.8 Å². The maximum absolute atomic E-state index is 14.1. The lowest BCUT2D eigenvalue weighted by atomic mass is 9.95. The standard InChI is InChI=1S/C27H23ClFN5O3/c1-16-24(26(35)33-22-8-3-4-9-23(22)36-2)25(34-27(32-16)30-15-31-34)17-10-12-18(13-11-17)37-14-19-20(28)6-5-7-21(19)29/h3-13,15,25H,14H2,1-2H3,(H,33,35)(H,30,31,32)/t25-/m0/s1. The van der Waals surface area contributed by atoms with Crippen LogP contribution in [-0.2, 0) is 11.4 Å². The van der Waals surface area contributed by atoms with E-state index >= 15 is 0 Å². The number of ether oxygens (including phenoxy) is 2. The van der Waals surface area contributed by atoms with Crippen molar-refractivity contribution in [3.8, 4) is 11.5 Å². The highest BCUT2D eigenvalue weighted by Crippen LogP contribution is 2.36. The van der Waals surface area contributed by atoms with Crippen molar-refractivity contribution in [2.45, 2.75) is 19.6 Å². The second kappa shape index (κ2) is 10.3. The van der Waals surface area contributed by atoms with E-state index in [9.17, 15) is 9.18 Å². The monoisotopic (exact) mass is 519 g/mol. The van der Waals surface area contributed by atoms with Crippen LogP contribution in [0.3, 0.4) is 0 Å². The first-order valence-electron chi connectivity index (χ1n) is 11.4. The summed E-state index contributed by atoms with van der Waals surface area (Å²) < 4.78 is 26.9. The first kappa shape index (κ1) is 24.3. The van der Waals surface area contributed by atoms with Crippen LogP contribution in [0.2, 0.25) is 5.02 Å². The third-order valence-corrected chi connectivity index (χ3v) is 6.39. The smallest absolute Gasteiger partial charge is 0.255 e. The molecule has 2 N–H and O–H groups in total. The first-order valence-corrected chi connectivity index (χ1v) is 11.8. The van der Waals surface area contributed by atoms with Crippen molar-refractivity contribution in [2.24, 2.45) is 0 Å². The van der Waals surface area contributed by atoms with Crippen LogP contribution in [0.15, 0.2) is 84.3 Å². The molecule has 1 aromatic heterocycles. The van der Waals surface area contributed by atoms with Gasteiger partial charge in [-0.05, 0) is 48.9 Å². The number of halogens is 2. The molecule has 10 heteroatoms. The summed E-state index contributed by atoms with van der Waals surface area (Å²) in [5, 5.41) is 10.8. The van der Waals surface area contributed by atoms with E-state index in [1.165, 1.54) is 12.4 Å². The van der Waals surface area contributed by atoms with Gasteiger partial charge in [-0.2, -0.15) is 10.1 Å². The fourth-order valence-corrected chi connectivity index (χ4v) is 4.42. The summed E-state index contributed by atoms with van der Waals surface area (Å²) >= 11 is 6.10. The molecule has 0 bridgehead atoms. The summed E-state index contributed by atoms with van der Waals surface area (Å²) in [6.45, 7) is 1.80. The fraction of sp³-hybridized carbons (Fsp3) is 0.148. The second-order valence-electron chi connectivity index (χ2n) is 8.31. The van der Waals surface area contributed by atoms with Gasteiger partial charge in [-0.15, -0.1) is 0 Å². The zero-order valence-corrected chi connectivity index (χ0v) is 20.8. The summed E-state index contributed by atoms with van der Waals surface area (Å²) in [5.41, 5.74) is 2.74. The summed E-state index contributed by atoms with van der Waals surface area (Å²) in [4.78, 5) is 17.8. The third kappa shape index (κ3) is 4.85. The molecule has 188 valence electrons. The van der Waals surface area contributed by atoms with Crippen LogP contribution in [0, 0.1) is 5.82 Å². The quantitative estimate of drug-likeness (QED) is 0.331. The molecule has 8 nitrogen and oxygen atoms in total. The van der Waals surface area contributed by atoms with Crippen molar-refractivity contribution in [3.63, 3.8) is 0 Å². The number of nitrogens with one attached hydrogen (secondary N) is 2. The summed E-state index contributed by atoms with van der Waals surface area (Å²) in [6, 6.07) is 18.3. The molecule has 1 aliphatic heterocycles. The van der Waals surface area contributed by atoms with E-state index in [0.717, 1.165) is 5.56 Å². The Balaban J connectivity index is 1.43. The predicted molar refractivity (Wildman–Crippen MR) is 138 cm³/mol. The van der Waals surface area contributed by atoms with Gasteiger partial charge in [-0.3, -0.25) is 4.79 Å². The van der Waals surface area contributed by atoms with E-state index in [0.29, 0.717) is 39.4 Å². The van der Waals surface area contributed by atoms with Crippen LogP contribution in [0.4, 0.5) is 16.0 Å². The molecule has 1 amide bonds. The van der Waals surface area contributed by atoms with Crippen molar-refractivity contribution < 1.29 is 18.7 Å². The van der Waals surface area contributed by atoms with Crippen molar-refractivity contribution in [1.29, 1.82) is 0 Å². The van der Waals surface area contributed by atoms with Gasteiger partial charge in [0.05, 0.1) is 23.4 Å². The van der Waals surface area contributed by atoms with Crippen LogP contribution >= 0.6 is 11.6 Å². The number of amides is 1. The fourth-order valence-electron chi connectivity index (χ4n) is 4.20. The number of para-hydroxylation sites is 2. The van der Waals surface area contributed by atoms with Gasteiger partial charge in [0.15, 0.2) is 0 Å². The highest BCUT2D eigenvalue weighted by Gasteiger charge is 2.33. The van der Waals surface area contributed by atoms with Gasteiger partial charge in [0.1, 0.15) is 36.3 Å². The number of fused-ring (bicyclic) bond motifs is 1. The Morgan fingerprint density at radius 2 is 1.92 bits per heavy atom. The summed E-state index contributed by atoms with van der Waals surface area (Å²) in [7, 11) is 1.55. The molecule has 2 heterocycles. The summed E-state index contributed by atoms with van der Waals surface area (Å²) in [5.74, 6) is 0.855. The SMILES string of the molecule is COc1ccccc1NC(=O)C1=C(C)Nc2ncnn2[C@H]1c1ccc(OCc2c(F)cccc2Cl)cc1. The molecule has 0 saturated heterocycles. The zero-order chi connectivity index (χ0) is 25.9. The van der Waals surface area contributed by atoms with E-state index in [-0.39, 0.29) is 18.1 Å². The Hall–Kier alpha value is -4.37. The lowest BCUT2D eigenvalue weighted by Crippen LogP contribution is -2.31. The number of aromatic nitrogens is 3. The molecule has 0 unspecified atom stereocenters. The van der Waals surface area contributed by atoms with E-state index in [4.69, 9.17) is 21.1 Å². The van der Waals surface area contributed by atoms with Crippen LogP contribution in [-0.4, -0.2) is 27.8 Å². The molecule has 37 heavy (non-hydrogen) atoms. The first-order chi connectivity index (χ1) is 18.0. The van der Waals surface area contributed by atoms with Gasteiger partial charge in [-0.25, -0.2) is 9.07 Å². The number of hydrogen-bond acceptors (Lipinski definition) is 6. The van der Waals surface area contributed by atoms with Crippen molar-refractivity contribution >= 4 is 29.1 Å². The van der Waals surface area contributed by atoms with Crippen LogP contribution in [0.25, 0.3) is 0 Å². The summed E-state index contributed by atoms with van der Waals surface area (Å²) in [6.07, 6.45) is 1.43. The lowest BCUT2D eigenvalue weighted by molar-refractivity contribution is -0.113.